The van der Waals surface area contributed by atoms with Crippen molar-refractivity contribution >= 4 is 56.8 Å². The Morgan fingerprint density at radius 1 is 0.634 bits per heavy atom. The topological polar surface area (TPSA) is 229 Å². The molecule has 0 unspecified atom stereocenters. The summed E-state index contributed by atoms with van der Waals surface area (Å²) in [4.78, 5) is 56.0. The number of aromatic nitrogens is 4. The molecular weight excluding hydrogens is 528 g/mol. The normalized spacial score (nSPS) is 11.0. The molecule has 41 heavy (non-hydrogen) atoms. The highest BCUT2D eigenvalue weighted by atomic mass is 16.2. The van der Waals surface area contributed by atoms with Gasteiger partial charge in [-0.05, 0) is 48.5 Å². The highest BCUT2D eigenvalue weighted by Crippen LogP contribution is 2.22. The summed E-state index contributed by atoms with van der Waals surface area (Å²) in [7, 11) is 0. The van der Waals surface area contributed by atoms with Crippen LogP contribution in [0.2, 0.25) is 0 Å². The predicted molar refractivity (Wildman–Crippen MR) is 154 cm³/mol. The van der Waals surface area contributed by atoms with Gasteiger partial charge in [0.1, 0.15) is 17.1 Å². The number of benzene rings is 2. The van der Waals surface area contributed by atoms with Gasteiger partial charge in [0.05, 0.1) is 0 Å². The quantitative estimate of drug-likeness (QED) is 0.122. The maximum atomic E-state index is 12.8. The first kappa shape index (κ1) is 27.1. The van der Waals surface area contributed by atoms with Crippen LogP contribution in [0.15, 0.2) is 54.6 Å². The number of H-pyrrole nitrogens is 3. The molecule has 4 amide bonds. The molecule has 0 aliphatic heterocycles. The number of carbonyl (C=O) groups excluding carboxylic acids is 4. The van der Waals surface area contributed by atoms with Gasteiger partial charge in [-0.1, -0.05) is 0 Å². The van der Waals surface area contributed by atoms with Crippen molar-refractivity contribution in [3.05, 3.63) is 77.4 Å². The second-order valence-electron chi connectivity index (χ2n) is 9.13. The van der Waals surface area contributed by atoms with Crippen molar-refractivity contribution < 1.29 is 19.2 Å². The van der Waals surface area contributed by atoms with E-state index < -0.39 is 11.8 Å². The van der Waals surface area contributed by atoms with Gasteiger partial charge in [-0.15, -0.1) is 0 Å². The Bertz CT molecular complexity index is 1640. The van der Waals surface area contributed by atoms with Gasteiger partial charge in [-0.2, -0.15) is 5.10 Å². The molecular formula is C27H28N10O4. The Hall–Kier alpha value is -5.47. The van der Waals surface area contributed by atoms with E-state index in [1.54, 1.807) is 48.5 Å². The Labute approximate surface area is 232 Å². The third kappa shape index (κ3) is 6.08. The predicted octanol–water partition coefficient (Wildman–Crippen LogP) is 1.25. The molecule has 0 saturated carbocycles. The highest BCUT2D eigenvalue weighted by molar-refractivity contribution is 6.08. The van der Waals surface area contributed by atoms with Crippen LogP contribution in [0.4, 0.5) is 11.4 Å². The second kappa shape index (κ2) is 11.7. The molecule has 0 bridgehead atoms. The lowest BCUT2D eigenvalue weighted by Crippen LogP contribution is -2.29. The van der Waals surface area contributed by atoms with E-state index in [0.717, 1.165) is 21.8 Å². The van der Waals surface area contributed by atoms with Crippen molar-refractivity contribution in [2.24, 2.45) is 11.5 Å². The number of amides is 4. The van der Waals surface area contributed by atoms with Gasteiger partial charge in [0, 0.05) is 65.4 Å². The molecule has 11 N–H and O–H groups in total. The van der Waals surface area contributed by atoms with Crippen molar-refractivity contribution in [2.45, 2.75) is 0 Å². The Morgan fingerprint density at radius 2 is 1.15 bits per heavy atom. The summed E-state index contributed by atoms with van der Waals surface area (Å²) in [6.45, 7) is 1.39. The Balaban J connectivity index is 1.23. The SMILES string of the molecule is NCCNC(=O)c1cc2cc(NC(=O)c3cc(C(=O)Nc4ccc5[nH]c(C(=O)NCCN)cc5c4)[nH]n3)ccc2[nH]1. The smallest absolute Gasteiger partial charge is 0.276 e. The molecule has 5 rings (SSSR count). The van der Waals surface area contributed by atoms with Crippen LogP contribution in [0.25, 0.3) is 21.8 Å². The Kier molecular flexibility index (Phi) is 7.76. The fourth-order valence-electron chi connectivity index (χ4n) is 4.18. The van der Waals surface area contributed by atoms with E-state index in [0.29, 0.717) is 48.9 Å². The van der Waals surface area contributed by atoms with E-state index in [9.17, 15) is 19.2 Å². The van der Waals surface area contributed by atoms with E-state index in [1.165, 1.54) is 6.07 Å². The summed E-state index contributed by atoms with van der Waals surface area (Å²) >= 11 is 0. The first-order valence-corrected chi connectivity index (χ1v) is 12.7. The number of hydrogen-bond acceptors (Lipinski definition) is 7. The lowest BCUT2D eigenvalue weighted by molar-refractivity contribution is 0.0942. The third-order valence-corrected chi connectivity index (χ3v) is 6.16. The van der Waals surface area contributed by atoms with Crippen molar-refractivity contribution in [1.82, 2.24) is 30.8 Å². The van der Waals surface area contributed by atoms with Crippen LogP contribution in [0, 0.1) is 0 Å². The summed E-state index contributed by atoms with van der Waals surface area (Å²) in [5.74, 6) is -1.57. The van der Waals surface area contributed by atoms with Crippen molar-refractivity contribution in [2.75, 3.05) is 36.8 Å². The van der Waals surface area contributed by atoms with Crippen molar-refractivity contribution in [3.63, 3.8) is 0 Å². The molecule has 0 spiro atoms. The molecule has 0 aliphatic carbocycles. The molecule has 0 radical (unpaired) electrons. The number of hydrogen-bond donors (Lipinski definition) is 9. The van der Waals surface area contributed by atoms with Crippen molar-refractivity contribution in [3.8, 4) is 0 Å². The largest absolute Gasteiger partial charge is 0.351 e. The minimum Gasteiger partial charge on any atom is -0.351 e. The number of carbonyl (C=O) groups is 4. The van der Waals surface area contributed by atoms with Gasteiger partial charge in [-0.3, -0.25) is 24.3 Å². The van der Waals surface area contributed by atoms with E-state index in [4.69, 9.17) is 11.5 Å². The van der Waals surface area contributed by atoms with Crippen LogP contribution in [-0.2, 0) is 0 Å². The lowest BCUT2D eigenvalue weighted by atomic mass is 10.2. The van der Waals surface area contributed by atoms with Crippen molar-refractivity contribution in [1.29, 1.82) is 0 Å². The summed E-state index contributed by atoms with van der Waals surface area (Å²) in [5, 5.41) is 18.9. The van der Waals surface area contributed by atoms with Crippen LogP contribution >= 0.6 is 0 Å². The summed E-state index contributed by atoms with van der Waals surface area (Å²) < 4.78 is 0. The average Bonchev–Trinajstić information content (AvgIpc) is 3.72. The van der Waals surface area contributed by atoms with Crippen LogP contribution in [0.3, 0.4) is 0 Å². The number of aromatic amines is 3. The minimum atomic E-state index is -0.523. The highest BCUT2D eigenvalue weighted by Gasteiger charge is 2.17. The number of nitrogens with one attached hydrogen (secondary N) is 7. The molecule has 2 aromatic carbocycles. The van der Waals surface area contributed by atoms with Gasteiger partial charge in [-0.25, -0.2) is 0 Å². The molecule has 0 atom stereocenters. The maximum Gasteiger partial charge on any atom is 0.276 e. The molecule has 5 aromatic rings. The maximum absolute atomic E-state index is 12.8. The fourth-order valence-corrected chi connectivity index (χ4v) is 4.18. The van der Waals surface area contributed by atoms with Gasteiger partial charge >= 0.3 is 0 Å². The zero-order valence-electron chi connectivity index (χ0n) is 21.8. The zero-order chi connectivity index (χ0) is 28.9. The van der Waals surface area contributed by atoms with E-state index >= 15 is 0 Å². The van der Waals surface area contributed by atoms with Crippen LogP contribution < -0.4 is 32.7 Å². The molecule has 14 nitrogen and oxygen atoms in total. The van der Waals surface area contributed by atoms with Gasteiger partial charge in [0.15, 0.2) is 5.69 Å². The van der Waals surface area contributed by atoms with Crippen LogP contribution in [0.1, 0.15) is 42.0 Å². The van der Waals surface area contributed by atoms with E-state index in [2.05, 4.69) is 41.4 Å². The number of nitrogens with zero attached hydrogens (tertiary/aromatic N) is 1. The molecule has 3 heterocycles. The summed E-state index contributed by atoms with van der Waals surface area (Å²) in [5.41, 5.74) is 14.1. The van der Waals surface area contributed by atoms with E-state index in [-0.39, 0.29) is 23.2 Å². The van der Waals surface area contributed by atoms with Crippen LogP contribution in [-0.4, -0.2) is 70.0 Å². The second-order valence-corrected chi connectivity index (χ2v) is 9.13. The molecule has 14 heteroatoms. The average molecular weight is 557 g/mol. The minimum absolute atomic E-state index is 0.0142. The third-order valence-electron chi connectivity index (χ3n) is 6.16. The lowest BCUT2D eigenvalue weighted by Gasteiger charge is -2.03. The standard InChI is InChI=1S/C27H28N10O4/c28-5-7-30-24(38)20-11-14-9-16(1-3-18(14)34-20)32-26(40)22-13-23(37-36-22)27(41)33-17-2-4-19-15(10-17)12-21(35-19)25(39)31-8-6-29/h1-4,9-13,34-35H,5-8,28-29H2,(H,30,38)(H,31,39)(H,32,40)(H,33,41)(H,36,37). The number of fused-ring (bicyclic) bond motifs is 2. The molecule has 0 saturated heterocycles. The van der Waals surface area contributed by atoms with E-state index in [1.807, 2.05) is 0 Å². The first-order chi connectivity index (χ1) is 19.8. The van der Waals surface area contributed by atoms with Gasteiger partial charge < -0.3 is 42.7 Å². The number of anilines is 2. The molecule has 210 valence electrons. The fraction of sp³-hybridized carbons (Fsp3) is 0.148. The zero-order valence-corrected chi connectivity index (χ0v) is 21.8. The first-order valence-electron chi connectivity index (χ1n) is 12.7. The van der Waals surface area contributed by atoms with Crippen LogP contribution in [0.5, 0.6) is 0 Å². The molecule has 3 aromatic heterocycles. The molecule has 0 fully saturated rings. The Morgan fingerprint density at radius 3 is 1.66 bits per heavy atom. The molecule has 0 aliphatic rings. The van der Waals surface area contributed by atoms with Gasteiger partial charge in [0.25, 0.3) is 23.6 Å². The number of nitrogens with two attached hydrogens (primary N) is 2. The summed E-state index contributed by atoms with van der Waals surface area (Å²) in [6.07, 6.45) is 0. The number of rotatable bonds is 10. The monoisotopic (exact) mass is 556 g/mol. The van der Waals surface area contributed by atoms with Gasteiger partial charge in [0.2, 0.25) is 0 Å². The summed E-state index contributed by atoms with van der Waals surface area (Å²) in [6, 6.07) is 15.0.